The van der Waals surface area contributed by atoms with Crippen LogP contribution in [0.5, 0.6) is 0 Å². The van der Waals surface area contributed by atoms with Crippen LogP contribution in [-0.2, 0) is 9.59 Å². The molecule has 1 rings (SSSR count). The highest BCUT2D eigenvalue weighted by Crippen LogP contribution is 2.42. The average Bonchev–Trinajstić information content (AvgIpc) is 2.01. The lowest BCUT2D eigenvalue weighted by atomic mass is 9.85. The summed E-state index contributed by atoms with van der Waals surface area (Å²) in [6.45, 7) is 4.12. The van der Waals surface area contributed by atoms with Gasteiger partial charge in [-0.05, 0) is 12.5 Å². The maximum absolute atomic E-state index is 11.0. The Hall–Kier alpha value is -0.843. The van der Waals surface area contributed by atoms with Crippen LogP contribution in [0.15, 0.2) is 0 Å². The Morgan fingerprint density at radius 2 is 1.71 bits per heavy atom. The SMILES string of the molecule is C[Si]1(C)CCCC(C(=O)O)(C(=O)O)C1. The molecule has 1 fully saturated rings. The van der Waals surface area contributed by atoms with Crippen molar-refractivity contribution in [2.24, 2.45) is 5.41 Å². The van der Waals surface area contributed by atoms with Gasteiger partial charge in [-0.2, -0.15) is 0 Å². The van der Waals surface area contributed by atoms with E-state index in [1.165, 1.54) is 0 Å². The molecule has 0 atom stereocenters. The van der Waals surface area contributed by atoms with E-state index in [2.05, 4.69) is 13.1 Å². The van der Waals surface area contributed by atoms with E-state index in [0.717, 1.165) is 12.5 Å². The molecule has 1 saturated heterocycles. The normalized spacial score (nSPS) is 24.1. The third-order valence-electron chi connectivity index (χ3n) is 3.06. The maximum Gasteiger partial charge on any atom is 0.320 e. The van der Waals surface area contributed by atoms with Crippen molar-refractivity contribution in [3.63, 3.8) is 0 Å². The molecule has 1 heterocycles. The van der Waals surface area contributed by atoms with Crippen LogP contribution >= 0.6 is 0 Å². The predicted octanol–water partition coefficient (Wildman–Crippen LogP) is 1.64. The fraction of sp³-hybridized carbons (Fsp3) is 0.778. The zero-order valence-electron chi connectivity index (χ0n) is 8.54. The number of rotatable bonds is 2. The molecule has 2 N–H and O–H groups in total. The summed E-state index contributed by atoms with van der Waals surface area (Å²) in [6, 6.07) is 1.40. The van der Waals surface area contributed by atoms with E-state index >= 15 is 0 Å². The fourth-order valence-corrected chi connectivity index (χ4v) is 5.74. The zero-order chi connectivity index (χ0) is 11.0. The van der Waals surface area contributed by atoms with Crippen LogP contribution in [0.2, 0.25) is 25.2 Å². The summed E-state index contributed by atoms with van der Waals surface area (Å²) >= 11 is 0. The zero-order valence-corrected chi connectivity index (χ0v) is 9.54. The van der Waals surface area contributed by atoms with Gasteiger partial charge in [0.2, 0.25) is 0 Å². The van der Waals surface area contributed by atoms with Gasteiger partial charge in [0.1, 0.15) is 0 Å². The first-order chi connectivity index (χ1) is 6.30. The summed E-state index contributed by atoms with van der Waals surface area (Å²) < 4.78 is 0. The predicted molar refractivity (Wildman–Crippen MR) is 54.0 cm³/mol. The van der Waals surface area contributed by atoms with Gasteiger partial charge in [-0.15, -0.1) is 0 Å². The number of carboxylic acid groups (broad SMARTS) is 2. The van der Waals surface area contributed by atoms with Gasteiger partial charge in [-0.3, -0.25) is 9.59 Å². The van der Waals surface area contributed by atoms with E-state index in [1.54, 1.807) is 0 Å². The highest BCUT2D eigenvalue weighted by Gasteiger charge is 2.52. The van der Waals surface area contributed by atoms with Gasteiger partial charge in [0.25, 0.3) is 0 Å². The molecule has 0 saturated carbocycles. The van der Waals surface area contributed by atoms with Gasteiger partial charge in [-0.1, -0.05) is 25.6 Å². The minimum atomic E-state index is -1.61. The van der Waals surface area contributed by atoms with Crippen molar-refractivity contribution in [2.75, 3.05) is 0 Å². The summed E-state index contributed by atoms with van der Waals surface area (Å²) in [5.41, 5.74) is -1.49. The number of hydrogen-bond donors (Lipinski definition) is 2. The van der Waals surface area contributed by atoms with Crippen molar-refractivity contribution in [1.82, 2.24) is 0 Å². The largest absolute Gasteiger partial charge is 0.480 e. The molecule has 0 aromatic carbocycles. The third kappa shape index (κ3) is 1.82. The number of carbonyl (C=O) groups is 2. The molecular formula is C9H16O4Si. The molecule has 0 aromatic heterocycles. The molecule has 0 aliphatic carbocycles. The lowest BCUT2D eigenvalue weighted by Gasteiger charge is -2.38. The molecule has 80 valence electrons. The summed E-state index contributed by atoms with van der Waals surface area (Å²) in [6.07, 6.45) is 1.02. The molecule has 5 heteroatoms. The minimum Gasteiger partial charge on any atom is -0.480 e. The number of carboxylic acids is 2. The topological polar surface area (TPSA) is 74.6 Å². The van der Waals surface area contributed by atoms with Gasteiger partial charge in [0.15, 0.2) is 5.41 Å². The Labute approximate surface area is 83.9 Å². The quantitative estimate of drug-likeness (QED) is 0.543. The number of aliphatic carboxylic acids is 2. The molecule has 0 amide bonds. The Kier molecular flexibility index (Phi) is 2.71. The Morgan fingerprint density at radius 3 is 2.00 bits per heavy atom. The van der Waals surface area contributed by atoms with Crippen LogP contribution in [0.4, 0.5) is 0 Å². The van der Waals surface area contributed by atoms with Crippen LogP contribution in [0.3, 0.4) is 0 Å². The number of hydrogen-bond acceptors (Lipinski definition) is 2. The molecule has 0 aromatic rings. The maximum atomic E-state index is 11.0. The summed E-state index contributed by atoms with van der Waals surface area (Å²) in [5, 5.41) is 18.1. The molecule has 0 unspecified atom stereocenters. The Balaban J connectivity index is 3.00. The van der Waals surface area contributed by atoms with Gasteiger partial charge in [-0.25, -0.2) is 0 Å². The van der Waals surface area contributed by atoms with Gasteiger partial charge < -0.3 is 10.2 Å². The van der Waals surface area contributed by atoms with Crippen LogP contribution in [-0.4, -0.2) is 30.2 Å². The summed E-state index contributed by atoms with van der Waals surface area (Å²) in [5.74, 6) is -2.32. The van der Waals surface area contributed by atoms with Crippen molar-refractivity contribution < 1.29 is 19.8 Å². The van der Waals surface area contributed by atoms with Gasteiger partial charge in [0.05, 0.1) is 0 Å². The Morgan fingerprint density at radius 1 is 1.21 bits per heavy atom. The van der Waals surface area contributed by atoms with Crippen LogP contribution < -0.4 is 0 Å². The van der Waals surface area contributed by atoms with E-state index in [1.807, 2.05) is 0 Å². The van der Waals surface area contributed by atoms with Crippen LogP contribution in [0.1, 0.15) is 12.8 Å². The smallest absolute Gasteiger partial charge is 0.320 e. The van der Waals surface area contributed by atoms with E-state index in [9.17, 15) is 9.59 Å². The minimum absolute atomic E-state index is 0.286. The lowest BCUT2D eigenvalue weighted by molar-refractivity contribution is -0.164. The second-order valence-corrected chi connectivity index (χ2v) is 10.1. The van der Waals surface area contributed by atoms with E-state index in [-0.39, 0.29) is 6.42 Å². The Bertz CT molecular complexity index is 258. The van der Waals surface area contributed by atoms with Crippen molar-refractivity contribution >= 4 is 20.0 Å². The van der Waals surface area contributed by atoms with E-state index < -0.39 is 25.4 Å². The van der Waals surface area contributed by atoms with Gasteiger partial charge in [0, 0.05) is 8.07 Å². The molecule has 0 bridgehead atoms. The molecule has 1 aliphatic rings. The standard InChI is InChI=1S/C9H16O4Si/c1-14(2)5-3-4-9(6-14,7(10)11)8(12)13/h3-6H2,1-2H3,(H,10,11)(H,12,13). The van der Waals surface area contributed by atoms with Crippen LogP contribution in [0, 0.1) is 5.41 Å². The molecule has 0 spiro atoms. The average molecular weight is 216 g/mol. The molecule has 0 radical (unpaired) electrons. The summed E-state index contributed by atoms with van der Waals surface area (Å²) in [7, 11) is -1.61. The molecule has 1 aliphatic heterocycles. The summed E-state index contributed by atoms with van der Waals surface area (Å²) in [4.78, 5) is 22.1. The van der Waals surface area contributed by atoms with Crippen molar-refractivity contribution in [2.45, 2.75) is 38.0 Å². The first-order valence-electron chi connectivity index (χ1n) is 4.77. The van der Waals surface area contributed by atoms with Crippen molar-refractivity contribution in [3.05, 3.63) is 0 Å². The second kappa shape index (κ2) is 3.38. The molecular weight excluding hydrogens is 200 g/mol. The van der Waals surface area contributed by atoms with Crippen LogP contribution in [0.25, 0.3) is 0 Å². The molecule has 14 heavy (non-hydrogen) atoms. The van der Waals surface area contributed by atoms with Gasteiger partial charge >= 0.3 is 11.9 Å². The van der Waals surface area contributed by atoms with E-state index in [0.29, 0.717) is 6.04 Å². The second-order valence-electron chi connectivity index (χ2n) is 4.89. The first kappa shape index (κ1) is 11.2. The van der Waals surface area contributed by atoms with Crippen molar-refractivity contribution in [3.8, 4) is 0 Å². The monoisotopic (exact) mass is 216 g/mol. The fourth-order valence-electron chi connectivity index (χ4n) is 2.32. The highest BCUT2D eigenvalue weighted by atomic mass is 28.3. The lowest BCUT2D eigenvalue weighted by Crippen LogP contribution is -2.48. The first-order valence-corrected chi connectivity index (χ1v) is 8.18. The highest BCUT2D eigenvalue weighted by molar-refractivity contribution is 6.78. The van der Waals surface area contributed by atoms with Crippen molar-refractivity contribution in [1.29, 1.82) is 0 Å². The molecule has 4 nitrogen and oxygen atoms in total. The van der Waals surface area contributed by atoms with E-state index in [4.69, 9.17) is 10.2 Å². The third-order valence-corrected chi connectivity index (χ3v) is 6.32.